The van der Waals surface area contributed by atoms with Gasteiger partial charge in [-0.05, 0) is 118 Å². The van der Waals surface area contributed by atoms with E-state index in [9.17, 15) is 19.2 Å². The molecule has 5 aromatic rings. The first-order valence-electron chi connectivity index (χ1n) is 19.4. The molecule has 3 aliphatic heterocycles. The second-order valence-electron chi connectivity index (χ2n) is 15.4. The molecule has 9 rings (SSSR count). The molecular weight excluding hydrogens is 735 g/mol. The third-order valence-corrected chi connectivity index (χ3v) is 11.9. The molecular formula is C42H40F2N8O5. The third-order valence-electron chi connectivity index (χ3n) is 11.9. The van der Waals surface area contributed by atoms with Crippen molar-refractivity contribution < 1.29 is 32.7 Å². The Balaban J connectivity index is 0.837. The van der Waals surface area contributed by atoms with E-state index in [2.05, 4.69) is 20.2 Å². The summed E-state index contributed by atoms with van der Waals surface area (Å²) in [4.78, 5) is 62.4. The van der Waals surface area contributed by atoms with Crippen LogP contribution in [0.15, 0.2) is 73.1 Å². The van der Waals surface area contributed by atoms with Gasteiger partial charge in [0.1, 0.15) is 47.4 Å². The summed E-state index contributed by atoms with van der Waals surface area (Å²) >= 11 is 0. The summed E-state index contributed by atoms with van der Waals surface area (Å²) in [5.41, 5.74) is 8.58. The fraction of sp³-hybridized carbons (Fsp3) is 0.357. The van der Waals surface area contributed by atoms with Gasteiger partial charge < -0.3 is 15.4 Å². The molecule has 3 N–H and O–H groups in total. The maximum Gasteiger partial charge on any atom is 0.262 e. The molecule has 0 spiro atoms. The Bertz CT molecular complexity index is 2400. The molecule has 4 unspecified atom stereocenters. The minimum Gasteiger partial charge on any atom is -0.457 e. The van der Waals surface area contributed by atoms with Crippen LogP contribution in [0.1, 0.15) is 83.2 Å². The van der Waals surface area contributed by atoms with Gasteiger partial charge in [-0.1, -0.05) is 18.2 Å². The van der Waals surface area contributed by atoms with Crippen molar-refractivity contribution in [2.45, 2.75) is 69.1 Å². The Morgan fingerprint density at radius 3 is 2.30 bits per heavy atom. The molecule has 0 radical (unpaired) electrons. The van der Waals surface area contributed by atoms with Crippen LogP contribution in [0.4, 0.5) is 14.6 Å². The maximum atomic E-state index is 16.2. The van der Waals surface area contributed by atoms with Gasteiger partial charge in [-0.3, -0.25) is 29.4 Å². The number of hydrogen-bond acceptors (Lipinski definition) is 10. The van der Waals surface area contributed by atoms with Crippen molar-refractivity contribution in [2.75, 3.05) is 25.4 Å². The molecule has 292 valence electrons. The Hall–Kier alpha value is -6.09. The molecule has 13 nitrogen and oxygen atoms in total. The summed E-state index contributed by atoms with van der Waals surface area (Å²) in [6, 6.07) is 17.9. The van der Waals surface area contributed by atoms with Gasteiger partial charge in [0, 0.05) is 18.5 Å². The van der Waals surface area contributed by atoms with Crippen LogP contribution in [0, 0.1) is 11.7 Å². The zero-order chi connectivity index (χ0) is 39.4. The first-order valence-corrected chi connectivity index (χ1v) is 19.4. The zero-order valence-corrected chi connectivity index (χ0v) is 30.9. The summed E-state index contributed by atoms with van der Waals surface area (Å²) in [7, 11) is 0. The summed E-state index contributed by atoms with van der Waals surface area (Å²) in [6.07, 6.45) is 3.20. The van der Waals surface area contributed by atoms with Gasteiger partial charge in [0.2, 0.25) is 11.8 Å². The number of ether oxygens (including phenoxy) is 1. The number of benzene rings is 3. The Morgan fingerprint density at radius 2 is 1.58 bits per heavy atom. The number of amides is 4. The number of piperidine rings is 2. The number of likely N-dealkylation sites (tertiary alicyclic amines) is 1. The number of nitrogens with two attached hydrogens (primary N) is 1. The molecule has 3 aromatic carbocycles. The molecule has 1 saturated carbocycles. The fourth-order valence-corrected chi connectivity index (χ4v) is 8.97. The van der Waals surface area contributed by atoms with E-state index in [1.807, 2.05) is 54.6 Å². The number of para-hydroxylation sites is 1. The summed E-state index contributed by atoms with van der Waals surface area (Å²) in [5.74, 6) is -1.53. The SMILES string of the molecule is Nc1ncnc2c1c(-c1ccc(Oc3ccccc3)cc1)nn2C1CCC(CN2CCC(c3cc4c(cc3F)C(=O)N(C3CCC(=O)NC3=O)C4=O)CC2)CC1F. The van der Waals surface area contributed by atoms with Crippen molar-refractivity contribution in [3.63, 3.8) is 0 Å². The van der Waals surface area contributed by atoms with Crippen molar-refractivity contribution >= 4 is 40.5 Å². The van der Waals surface area contributed by atoms with Crippen molar-refractivity contribution in [3.05, 3.63) is 95.6 Å². The monoisotopic (exact) mass is 774 g/mol. The third kappa shape index (κ3) is 6.79. The lowest BCUT2D eigenvalue weighted by molar-refractivity contribution is -0.136. The fourth-order valence-electron chi connectivity index (χ4n) is 8.97. The van der Waals surface area contributed by atoms with E-state index in [1.54, 1.807) is 4.68 Å². The number of carbonyl (C=O) groups excluding carboxylic acids is 4. The standard InChI is InChI=1S/C42H40F2N8O5/c43-31-20-30-29(41(55)51(42(30)56)34-12-13-35(53)48-40(34)54)19-28(31)24-14-16-50(17-15-24)21-23-6-11-33(32(44)18-23)52-39-36(38(45)46-22-47-39)37(49-52)25-7-9-27(10-8-25)57-26-4-2-1-3-5-26/h1-5,7-10,19-20,22-24,32-34H,6,11-18,21H2,(H2,45,46,47)(H,48,53,54). The molecule has 5 heterocycles. The number of imide groups is 2. The highest BCUT2D eigenvalue weighted by molar-refractivity contribution is 6.23. The Kier molecular flexibility index (Phi) is 9.47. The van der Waals surface area contributed by atoms with Gasteiger partial charge in [-0.15, -0.1) is 0 Å². The number of rotatable bonds is 8. The van der Waals surface area contributed by atoms with E-state index in [0.29, 0.717) is 73.4 Å². The molecule has 4 aliphatic rings. The lowest BCUT2D eigenvalue weighted by atomic mass is 9.83. The summed E-state index contributed by atoms with van der Waals surface area (Å²) < 4.78 is 39.4. The molecule has 15 heteroatoms. The number of carbonyl (C=O) groups is 4. The number of fused-ring (bicyclic) bond motifs is 2. The first kappa shape index (κ1) is 36.5. The maximum absolute atomic E-state index is 16.2. The van der Waals surface area contributed by atoms with Gasteiger partial charge in [0.15, 0.2) is 5.65 Å². The quantitative estimate of drug-likeness (QED) is 0.180. The van der Waals surface area contributed by atoms with Crippen molar-refractivity contribution in [1.82, 2.24) is 34.9 Å². The highest BCUT2D eigenvalue weighted by atomic mass is 19.1. The number of nitrogens with one attached hydrogen (secondary N) is 1. The van der Waals surface area contributed by atoms with Crippen LogP contribution in [0.25, 0.3) is 22.3 Å². The van der Waals surface area contributed by atoms with Gasteiger partial charge in [-0.2, -0.15) is 5.10 Å². The number of anilines is 1. The van der Waals surface area contributed by atoms with Crippen molar-refractivity contribution in [1.29, 1.82) is 0 Å². The van der Waals surface area contributed by atoms with Crippen LogP contribution in [0.5, 0.6) is 11.5 Å². The second-order valence-corrected chi connectivity index (χ2v) is 15.4. The Morgan fingerprint density at radius 1 is 0.860 bits per heavy atom. The van der Waals surface area contributed by atoms with E-state index in [0.717, 1.165) is 28.7 Å². The predicted octanol–water partition coefficient (Wildman–Crippen LogP) is 5.97. The number of alkyl halides is 1. The molecule has 3 fully saturated rings. The normalized spacial score (nSPS) is 23.2. The summed E-state index contributed by atoms with van der Waals surface area (Å²) in [5, 5.41) is 7.65. The minimum absolute atomic E-state index is 0.00529. The van der Waals surface area contributed by atoms with Crippen LogP contribution < -0.4 is 15.8 Å². The summed E-state index contributed by atoms with van der Waals surface area (Å²) in [6.45, 7) is 2.05. The molecule has 2 saturated heterocycles. The van der Waals surface area contributed by atoms with Gasteiger partial charge in [-0.25, -0.2) is 23.4 Å². The van der Waals surface area contributed by atoms with E-state index in [1.165, 1.54) is 12.4 Å². The van der Waals surface area contributed by atoms with E-state index in [-0.39, 0.29) is 41.6 Å². The highest BCUT2D eigenvalue weighted by Gasteiger charge is 2.45. The molecule has 4 amide bonds. The average Bonchev–Trinajstić information content (AvgIpc) is 3.70. The zero-order valence-electron chi connectivity index (χ0n) is 30.9. The van der Waals surface area contributed by atoms with Crippen LogP contribution >= 0.6 is 0 Å². The first-order chi connectivity index (χ1) is 27.6. The number of hydrogen-bond donors (Lipinski definition) is 2. The molecule has 57 heavy (non-hydrogen) atoms. The highest BCUT2D eigenvalue weighted by Crippen LogP contribution is 2.41. The van der Waals surface area contributed by atoms with Crippen LogP contribution in [0.3, 0.4) is 0 Å². The van der Waals surface area contributed by atoms with E-state index >= 15 is 8.78 Å². The number of nitrogen functional groups attached to an aromatic ring is 1. The molecule has 1 aliphatic carbocycles. The topological polar surface area (TPSA) is 166 Å². The molecule has 2 aromatic heterocycles. The van der Waals surface area contributed by atoms with Crippen LogP contribution in [0.2, 0.25) is 0 Å². The predicted molar refractivity (Wildman–Crippen MR) is 204 cm³/mol. The van der Waals surface area contributed by atoms with Gasteiger partial charge in [0.25, 0.3) is 11.8 Å². The van der Waals surface area contributed by atoms with E-state index in [4.69, 9.17) is 15.6 Å². The number of aromatic nitrogens is 4. The van der Waals surface area contributed by atoms with Gasteiger partial charge >= 0.3 is 0 Å². The van der Waals surface area contributed by atoms with E-state index < -0.39 is 47.7 Å². The van der Waals surface area contributed by atoms with Crippen LogP contribution in [-0.2, 0) is 9.59 Å². The second kappa shape index (κ2) is 14.8. The number of nitrogens with zero attached hydrogens (tertiary/aromatic N) is 6. The lowest BCUT2D eigenvalue weighted by Gasteiger charge is -2.38. The van der Waals surface area contributed by atoms with Crippen molar-refractivity contribution in [2.24, 2.45) is 5.92 Å². The smallest absolute Gasteiger partial charge is 0.262 e. The molecule has 4 atom stereocenters. The number of halogens is 2. The molecule has 0 bridgehead atoms. The minimum atomic E-state index is -1.17. The van der Waals surface area contributed by atoms with Gasteiger partial charge in [0.05, 0.1) is 22.6 Å². The average molecular weight is 775 g/mol. The lowest BCUT2D eigenvalue weighted by Crippen LogP contribution is -2.54. The Labute approximate surface area is 326 Å². The van der Waals surface area contributed by atoms with Crippen molar-refractivity contribution in [3.8, 4) is 22.8 Å². The van der Waals surface area contributed by atoms with Crippen LogP contribution in [-0.4, -0.2) is 85.0 Å². The largest absolute Gasteiger partial charge is 0.457 e.